The zero-order chi connectivity index (χ0) is 15.0. The van der Waals surface area contributed by atoms with Gasteiger partial charge in [0.2, 0.25) is 0 Å². The molecule has 2 saturated carbocycles. The average molecular weight is 293 g/mol. The minimum atomic E-state index is 0.460. The van der Waals surface area contributed by atoms with E-state index in [-0.39, 0.29) is 0 Å². The van der Waals surface area contributed by atoms with Crippen LogP contribution in [-0.2, 0) is 6.54 Å². The normalized spacial score (nSPS) is 38.6. The Morgan fingerprint density at radius 3 is 2.77 bits per heavy atom. The quantitative estimate of drug-likeness (QED) is 0.580. The third-order valence-electron chi connectivity index (χ3n) is 6.20. The van der Waals surface area contributed by atoms with Gasteiger partial charge in [0.25, 0.3) is 0 Å². The van der Waals surface area contributed by atoms with Crippen molar-refractivity contribution in [3.8, 4) is 11.8 Å². The molecule has 1 heteroatoms. The lowest BCUT2D eigenvalue weighted by Gasteiger charge is -2.49. The number of hydrogen-bond donors (Lipinski definition) is 0. The highest BCUT2D eigenvalue weighted by Gasteiger charge is 2.73. The molecule has 0 N–H and O–H groups in total. The maximum absolute atomic E-state index is 3.63. The maximum atomic E-state index is 3.63. The monoisotopic (exact) mass is 293 g/mol. The van der Waals surface area contributed by atoms with E-state index in [0.717, 1.165) is 24.8 Å². The third kappa shape index (κ3) is 2.20. The van der Waals surface area contributed by atoms with Gasteiger partial charge >= 0.3 is 0 Å². The fraction of sp³-hybridized carbons (Fsp3) is 0.619. The summed E-state index contributed by atoms with van der Waals surface area (Å²) in [7, 11) is 0. The molecule has 1 saturated heterocycles. The zero-order valence-corrected chi connectivity index (χ0v) is 13.7. The second kappa shape index (κ2) is 5.74. The van der Waals surface area contributed by atoms with Gasteiger partial charge in [-0.1, -0.05) is 62.4 Å². The van der Waals surface area contributed by atoms with Gasteiger partial charge in [-0.05, 0) is 36.7 Å². The van der Waals surface area contributed by atoms with Crippen LogP contribution >= 0.6 is 0 Å². The first-order valence-electron chi connectivity index (χ1n) is 9.15. The lowest BCUT2D eigenvalue weighted by molar-refractivity contribution is 0.0270. The molecule has 1 aliphatic heterocycles. The summed E-state index contributed by atoms with van der Waals surface area (Å²) in [6.45, 7) is 3.31. The van der Waals surface area contributed by atoms with Crippen LogP contribution in [-0.4, -0.2) is 16.5 Å². The Labute approximate surface area is 135 Å². The molecule has 3 aliphatic rings. The van der Waals surface area contributed by atoms with Crippen molar-refractivity contribution in [2.45, 2.75) is 70.0 Å². The summed E-state index contributed by atoms with van der Waals surface area (Å²) in [6, 6.07) is 11.5. The Morgan fingerprint density at radius 2 is 2.00 bits per heavy atom. The minimum Gasteiger partial charge on any atom is -0.275 e. The first-order chi connectivity index (χ1) is 10.9. The van der Waals surface area contributed by atoms with Crippen LogP contribution < -0.4 is 0 Å². The van der Waals surface area contributed by atoms with E-state index in [1.54, 1.807) is 0 Å². The summed E-state index contributed by atoms with van der Waals surface area (Å²) in [4.78, 5) is 2.72. The van der Waals surface area contributed by atoms with E-state index in [0.29, 0.717) is 11.6 Å². The standard InChI is InChI=1S/C21H27N/c1-2-3-5-14-20-21(15-18-12-8-9-13-19(18)21)22(20)16-17-10-6-4-7-11-17/h4,6-7,10-11,18-20H,2-3,8-9,12-13,15-16H2,1H3/t18-,19-,20+,21+,22?/m0/s1. The summed E-state index contributed by atoms with van der Waals surface area (Å²) in [6.07, 6.45) is 9.47. The molecule has 1 aromatic rings. The molecule has 3 fully saturated rings. The zero-order valence-electron chi connectivity index (χ0n) is 13.7. The molecule has 0 radical (unpaired) electrons. The molecule has 1 unspecified atom stereocenters. The van der Waals surface area contributed by atoms with Crippen LogP contribution in [0.25, 0.3) is 0 Å². The van der Waals surface area contributed by atoms with Gasteiger partial charge in [-0.15, -0.1) is 5.92 Å². The van der Waals surface area contributed by atoms with Crippen LogP contribution in [0, 0.1) is 23.7 Å². The topological polar surface area (TPSA) is 3.01 Å². The lowest BCUT2D eigenvalue weighted by Crippen LogP contribution is -2.49. The van der Waals surface area contributed by atoms with E-state index in [2.05, 4.69) is 54.0 Å². The summed E-state index contributed by atoms with van der Waals surface area (Å²) >= 11 is 0. The molecule has 22 heavy (non-hydrogen) atoms. The Hall–Kier alpha value is -1.26. The van der Waals surface area contributed by atoms with Crippen LogP contribution in [0.1, 0.15) is 57.4 Å². The van der Waals surface area contributed by atoms with Gasteiger partial charge in [-0.2, -0.15) is 0 Å². The minimum absolute atomic E-state index is 0.460. The Morgan fingerprint density at radius 1 is 1.18 bits per heavy atom. The Kier molecular flexibility index (Phi) is 3.74. The molecule has 1 spiro atoms. The highest BCUT2D eigenvalue weighted by molar-refractivity contribution is 5.38. The second-order valence-corrected chi connectivity index (χ2v) is 7.43. The van der Waals surface area contributed by atoms with Gasteiger partial charge in [0, 0.05) is 13.0 Å². The van der Waals surface area contributed by atoms with Gasteiger partial charge in [0.1, 0.15) is 0 Å². The highest BCUT2D eigenvalue weighted by atomic mass is 15.4. The number of hydrogen-bond acceptors (Lipinski definition) is 1. The van der Waals surface area contributed by atoms with Crippen molar-refractivity contribution in [2.24, 2.45) is 11.8 Å². The van der Waals surface area contributed by atoms with Crippen molar-refractivity contribution in [1.82, 2.24) is 4.90 Å². The summed E-state index contributed by atoms with van der Waals surface area (Å²) < 4.78 is 0. The van der Waals surface area contributed by atoms with Crippen molar-refractivity contribution >= 4 is 0 Å². The van der Waals surface area contributed by atoms with Gasteiger partial charge in [-0.25, -0.2) is 0 Å². The largest absolute Gasteiger partial charge is 0.275 e. The molecular formula is C21H27N. The van der Waals surface area contributed by atoms with Crippen molar-refractivity contribution in [3.63, 3.8) is 0 Å². The second-order valence-electron chi connectivity index (χ2n) is 7.43. The maximum Gasteiger partial charge on any atom is 0.0912 e. The molecular weight excluding hydrogens is 266 g/mol. The van der Waals surface area contributed by atoms with Crippen LogP contribution in [0.15, 0.2) is 30.3 Å². The molecule has 1 aromatic carbocycles. The van der Waals surface area contributed by atoms with Gasteiger partial charge < -0.3 is 0 Å². The van der Waals surface area contributed by atoms with Crippen molar-refractivity contribution < 1.29 is 0 Å². The molecule has 1 heterocycles. The summed E-state index contributed by atoms with van der Waals surface area (Å²) in [5, 5.41) is 0. The van der Waals surface area contributed by atoms with Crippen LogP contribution in [0.2, 0.25) is 0 Å². The van der Waals surface area contributed by atoms with E-state index in [4.69, 9.17) is 0 Å². The molecule has 4 rings (SSSR count). The van der Waals surface area contributed by atoms with Crippen molar-refractivity contribution in [3.05, 3.63) is 35.9 Å². The molecule has 0 amide bonds. The smallest absolute Gasteiger partial charge is 0.0912 e. The number of fused-ring (bicyclic) bond motifs is 2. The lowest BCUT2D eigenvalue weighted by atomic mass is 9.56. The molecule has 0 aromatic heterocycles. The first-order valence-corrected chi connectivity index (χ1v) is 9.15. The van der Waals surface area contributed by atoms with E-state index in [9.17, 15) is 0 Å². The molecule has 116 valence electrons. The summed E-state index contributed by atoms with van der Waals surface area (Å²) in [5.74, 6) is 9.01. The van der Waals surface area contributed by atoms with Crippen molar-refractivity contribution in [2.75, 3.05) is 0 Å². The van der Waals surface area contributed by atoms with E-state index >= 15 is 0 Å². The van der Waals surface area contributed by atoms with Gasteiger partial charge in [-0.3, -0.25) is 4.90 Å². The van der Waals surface area contributed by atoms with E-state index < -0.39 is 0 Å². The van der Waals surface area contributed by atoms with Gasteiger partial charge in [0.15, 0.2) is 0 Å². The highest BCUT2D eigenvalue weighted by Crippen LogP contribution is 2.65. The number of nitrogens with zero attached hydrogens (tertiary/aromatic N) is 1. The number of rotatable bonds is 3. The molecule has 1 nitrogen and oxygen atoms in total. The molecule has 0 bridgehead atoms. The van der Waals surface area contributed by atoms with Gasteiger partial charge in [0.05, 0.1) is 11.6 Å². The average Bonchev–Trinajstić information content (AvgIpc) is 3.17. The number of unbranched alkanes of at least 4 members (excludes halogenated alkanes) is 1. The van der Waals surface area contributed by atoms with E-state index in [1.807, 2.05) is 0 Å². The number of benzene rings is 1. The summed E-state index contributed by atoms with van der Waals surface area (Å²) in [5.41, 5.74) is 1.91. The fourth-order valence-electron chi connectivity index (χ4n) is 5.09. The fourth-order valence-corrected chi connectivity index (χ4v) is 5.09. The predicted molar refractivity (Wildman–Crippen MR) is 91.3 cm³/mol. The van der Waals surface area contributed by atoms with E-state index in [1.165, 1.54) is 44.1 Å². The van der Waals surface area contributed by atoms with Crippen LogP contribution in [0.5, 0.6) is 0 Å². The Balaban J connectivity index is 1.52. The van der Waals surface area contributed by atoms with Crippen LogP contribution in [0.4, 0.5) is 0 Å². The molecule has 5 atom stereocenters. The first kappa shape index (κ1) is 14.3. The third-order valence-corrected chi connectivity index (χ3v) is 6.20. The SMILES string of the molecule is CCCC#C[C@H]1N(Cc2ccccc2)[C@@]12C[C@@H]1CCCC[C@@H]12. The molecule has 2 aliphatic carbocycles. The Bertz CT molecular complexity index is 581. The predicted octanol–water partition coefficient (Wildman–Crippen LogP) is 4.62. The van der Waals surface area contributed by atoms with Crippen molar-refractivity contribution in [1.29, 1.82) is 0 Å². The van der Waals surface area contributed by atoms with Crippen LogP contribution in [0.3, 0.4) is 0 Å².